The molecule has 0 spiro atoms. The summed E-state index contributed by atoms with van der Waals surface area (Å²) < 4.78 is 2.03. The van der Waals surface area contributed by atoms with Crippen LogP contribution >= 0.6 is 0 Å². The van der Waals surface area contributed by atoms with Crippen LogP contribution in [-0.4, -0.2) is 19.4 Å². The molecule has 2 aromatic heterocycles. The molecule has 0 saturated carbocycles. The molecule has 2 heterocycles. The van der Waals surface area contributed by atoms with E-state index in [1.165, 1.54) is 0 Å². The van der Waals surface area contributed by atoms with Crippen molar-refractivity contribution in [2.24, 2.45) is 0 Å². The third kappa shape index (κ3) is 2.11. The van der Waals surface area contributed by atoms with E-state index in [0.29, 0.717) is 17.8 Å². The van der Waals surface area contributed by atoms with Gasteiger partial charge in [0.25, 0.3) is 0 Å². The molecule has 4 heteroatoms. The van der Waals surface area contributed by atoms with E-state index >= 15 is 0 Å². The summed E-state index contributed by atoms with van der Waals surface area (Å²) in [6.07, 6.45) is 1.87. The number of nitrogens with zero attached hydrogens (tertiary/aromatic N) is 4. The number of hydrogen-bond acceptors (Lipinski definition) is 3. The molecular weight excluding hydrogens is 224 g/mol. The first-order valence-corrected chi connectivity index (χ1v) is 6.66. The zero-order chi connectivity index (χ0) is 13.4. The minimum atomic E-state index is 0.340. The average Bonchev–Trinajstić information content (AvgIpc) is 2.67. The predicted octanol–water partition coefficient (Wildman–Crippen LogP) is 3.49. The van der Waals surface area contributed by atoms with Gasteiger partial charge in [-0.25, -0.2) is 15.0 Å². The molecule has 0 atom stereocenters. The molecule has 2 aromatic rings. The maximum absolute atomic E-state index is 4.75. The number of rotatable bonds is 3. The van der Waals surface area contributed by atoms with Crippen LogP contribution in [0.25, 0.3) is 5.65 Å². The first kappa shape index (κ1) is 13.0. The molecule has 18 heavy (non-hydrogen) atoms. The molecule has 0 aromatic carbocycles. The van der Waals surface area contributed by atoms with Crippen molar-refractivity contribution in [2.45, 2.75) is 59.3 Å². The van der Waals surface area contributed by atoms with Crippen molar-refractivity contribution < 1.29 is 0 Å². The highest BCUT2D eigenvalue weighted by molar-refractivity contribution is 5.47. The fraction of sp³-hybridized carbons (Fsp3) is 0.643. The number of aromatic nitrogens is 4. The third-order valence-corrected chi connectivity index (χ3v) is 3.04. The highest BCUT2D eigenvalue weighted by atomic mass is 15.1. The number of hydrogen-bond donors (Lipinski definition) is 0. The summed E-state index contributed by atoms with van der Waals surface area (Å²) in [6, 6.07) is 0. The molecule has 0 radical (unpaired) electrons. The van der Waals surface area contributed by atoms with E-state index in [1.807, 2.05) is 10.7 Å². The lowest BCUT2D eigenvalue weighted by Crippen LogP contribution is -2.04. The Hall–Kier alpha value is -1.45. The maximum Gasteiger partial charge on any atom is 0.163 e. The van der Waals surface area contributed by atoms with E-state index in [4.69, 9.17) is 4.98 Å². The molecule has 0 aliphatic carbocycles. The summed E-state index contributed by atoms with van der Waals surface area (Å²) in [5.74, 6) is 3.02. The van der Waals surface area contributed by atoms with Crippen molar-refractivity contribution in [2.75, 3.05) is 0 Å². The normalized spacial score (nSPS) is 12.3. The summed E-state index contributed by atoms with van der Waals surface area (Å²) in [5.41, 5.74) is 2.04. The molecule has 0 unspecified atom stereocenters. The van der Waals surface area contributed by atoms with Crippen molar-refractivity contribution in [3.63, 3.8) is 0 Å². The van der Waals surface area contributed by atoms with E-state index in [2.05, 4.69) is 51.5 Å². The van der Waals surface area contributed by atoms with Gasteiger partial charge in [-0.3, -0.25) is 4.40 Å². The second kappa shape index (κ2) is 4.67. The van der Waals surface area contributed by atoms with Crippen molar-refractivity contribution in [3.8, 4) is 0 Å². The van der Waals surface area contributed by atoms with E-state index in [-0.39, 0.29) is 0 Å². The molecular formula is C14H22N4. The second-order valence-electron chi connectivity index (χ2n) is 5.73. The third-order valence-electron chi connectivity index (χ3n) is 3.04. The summed E-state index contributed by atoms with van der Waals surface area (Å²) in [4.78, 5) is 13.9. The molecule has 0 amide bonds. The van der Waals surface area contributed by atoms with Crippen LogP contribution in [-0.2, 0) is 0 Å². The molecule has 0 N–H and O–H groups in total. The summed E-state index contributed by atoms with van der Waals surface area (Å²) in [5, 5.41) is 0. The Labute approximate surface area is 108 Å². The average molecular weight is 246 g/mol. The standard InChI is InChI=1S/C14H22N4/c1-8(2)11-14-17-12(9(3)4)15-7-18(14)13(16-11)10(5)6/h7-10H,1-6H3. The maximum atomic E-state index is 4.75. The molecule has 0 aliphatic rings. The van der Waals surface area contributed by atoms with Gasteiger partial charge in [0.1, 0.15) is 18.0 Å². The summed E-state index contributed by atoms with van der Waals surface area (Å²) in [7, 11) is 0. The van der Waals surface area contributed by atoms with Gasteiger partial charge in [-0.1, -0.05) is 41.5 Å². The van der Waals surface area contributed by atoms with E-state index in [1.54, 1.807) is 0 Å². The quantitative estimate of drug-likeness (QED) is 0.832. The van der Waals surface area contributed by atoms with Crippen LogP contribution in [0.5, 0.6) is 0 Å². The lowest BCUT2D eigenvalue weighted by Gasteiger charge is -2.06. The van der Waals surface area contributed by atoms with Gasteiger partial charge < -0.3 is 0 Å². The zero-order valence-corrected chi connectivity index (χ0v) is 12.1. The van der Waals surface area contributed by atoms with Gasteiger partial charge in [-0.05, 0) is 5.92 Å². The van der Waals surface area contributed by atoms with Crippen LogP contribution in [0.3, 0.4) is 0 Å². The van der Waals surface area contributed by atoms with Crippen LogP contribution in [0.1, 0.15) is 76.6 Å². The van der Waals surface area contributed by atoms with E-state index in [9.17, 15) is 0 Å². The highest BCUT2D eigenvalue weighted by Gasteiger charge is 2.18. The van der Waals surface area contributed by atoms with E-state index in [0.717, 1.165) is 23.0 Å². The topological polar surface area (TPSA) is 43.1 Å². The number of imidazole rings is 1. The molecule has 0 bridgehead atoms. The fourth-order valence-corrected chi connectivity index (χ4v) is 2.01. The van der Waals surface area contributed by atoms with Crippen LogP contribution in [0.4, 0.5) is 0 Å². The Morgan fingerprint density at radius 3 is 2.06 bits per heavy atom. The van der Waals surface area contributed by atoms with Crippen molar-refractivity contribution in [3.05, 3.63) is 23.7 Å². The van der Waals surface area contributed by atoms with Gasteiger partial charge in [-0.2, -0.15) is 0 Å². The Bertz CT molecular complexity index is 552. The molecule has 0 fully saturated rings. The van der Waals surface area contributed by atoms with Crippen LogP contribution in [0.2, 0.25) is 0 Å². The van der Waals surface area contributed by atoms with Crippen molar-refractivity contribution in [1.82, 2.24) is 19.4 Å². The highest BCUT2D eigenvalue weighted by Crippen LogP contribution is 2.24. The predicted molar refractivity (Wildman–Crippen MR) is 73.0 cm³/mol. The zero-order valence-electron chi connectivity index (χ0n) is 12.1. The monoisotopic (exact) mass is 246 g/mol. The molecule has 0 saturated heterocycles. The summed E-state index contributed by atoms with van der Waals surface area (Å²) >= 11 is 0. The van der Waals surface area contributed by atoms with Crippen LogP contribution in [0, 0.1) is 0 Å². The van der Waals surface area contributed by atoms with Crippen LogP contribution < -0.4 is 0 Å². The first-order chi connectivity index (χ1) is 8.41. The molecule has 0 aliphatic heterocycles. The Kier molecular flexibility index (Phi) is 3.37. The Balaban J connectivity index is 2.71. The summed E-state index contributed by atoms with van der Waals surface area (Å²) in [6.45, 7) is 12.8. The van der Waals surface area contributed by atoms with Crippen molar-refractivity contribution >= 4 is 5.65 Å². The number of fused-ring (bicyclic) bond motifs is 1. The molecule has 2 rings (SSSR count). The Morgan fingerprint density at radius 1 is 0.889 bits per heavy atom. The van der Waals surface area contributed by atoms with Crippen LogP contribution in [0.15, 0.2) is 6.33 Å². The molecule has 98 valence electrons. The SMILES string of the molecule is CC(C)c1ncn2c(C(C)C)nc(C(C)C)c2n1. The fourth-order valence-electron chi connectivity index (χ4n) is 2.01. The largest absolute Gasteiger partial charge is 0.270 e. The lowest BCUT2D eigenvalue weighted by atomic mass is 10.1. The Morgan fingerprint density at radius 2 is 1.56 bits per heavy atom. The minimum Gasteiger partial charge on any atom is -0.270 e. The minimum absolute atomic E-state index is 0.340. The smallest absolute Gasteiger partial charge is 0.163 e. The lowest BCUT2D eigenvalue weighted by molar-refractivity contribution is 0.730. The van der Waals surface area contributed by atoms with Gasteiger partial charge in [0.2, 0.25) is 0 Å². The second-order valence-corrected chi connectivity index (χ2v) is 5.73. The molecule has 4 nitrogen and oxygen atoms in total. The van der Waals surface area contributed by atoms with Gasteiger partial charge in [-0.15, -0.1) is 0 Å². The van der Waals surface area contributed by atoms with Gasteiger partial charge in [0.15, 0.2) is 5.65 Å². The van der Waals surface area contributed by atoms with Gasteiger partial charge >= 0.3 is 0 Å². The van der Waals surface area contributed by atoms with Gasteiger partial charge in [0.05, 0.1) is 5.69 Å². The first-order valence-electron chi connectivity index (χ1n) is 6.66. The van der Waals surface area contributed by atoms with E-state index < -0.39 is 0 Å². The van der Waals surface area contributed by atoms with Gasteiger partial charge in [0, 0.05) is 11.8 Å². The van der Waals surface area contributed by atoms with Crippen molar-refractivity contribution in [1.29, 1.82) is 0 Å².